The number of alkyl halides is 1. The number of fused-ring (bicyclic) bond motifs is 1. The molecule has 2 rings (SSSR count). The quantitative estimate of drug-likeness (QED) is 0.438. The highest BCUT2D eigenvalue weighted by Crippen LogP contribution is 2.37. The van der Waals surface area contributed by atoms with Crippen LogP contribution in [0.2, 0.25) is 0 Å². The molecule has 2 atom stereocenters. The molecule has 1 aromatic heterocycles. The van der Waals surface area contributed by atoms with E-state index >= 15 is 0 Å². The van der Waals surface area contributed by atoms with Crippen molar-refractivity contribution in [2.24, 2.45) is 0 Å². The maximum atomic E-state index is 11.3. The van der Waals surface area contributed by atoms with E-state index < -0.39 is 4.92 Å². The molecule has 20 heavy (non-hydrogen) atoms. The van der Waals surface area contributed by atoms with Gasteiger partial charge in [-0.05, 0) is 24.6 Å². The maximum absolute atomic E-state index is 11.3. The SMILES string of the molecule is CCC(Cl)C(C)c1c([N+](=O)[O-])cnc2ccc(Br)cc12. The van der Waals surface area contributed by atoms with Gasteiger partial charge in [0.15, 0.2) is 0 Å². The van der Waals surface area contributed by atoms with Crippen molar-refractivity contribution in [2.75, 3.05) is 0 Å². The number of nitro groups is 1. The molecule has 0 radical (unpaired) electrons. The third kappa shape index (κ3) is 2.79. The Hall–Kier alpha value is -1.20. The van der Waals surface area contributed by atoms with E-state index in [1.54, 1.807) is 0 Å². The second-order valence-corrected chi connectivity index (χ2v) is 6.16. The van der Waals surface area contributed by atoms with Crippen molar-refractivity contribution in [3.05, 3.63) is 44.5 Å². The number of aromatic nitrogens is 1. The van der Waals surface area contributed by atoms with Crippen molar-refractivity contribution in [1.29, 1.82) is 0 Å². The van der Waals surface area contributed by atoms with Gasteiger partial charge in [0.1, 0.15) is 6.20 Å². The molecule has 1 aromatic carbocycles. The molecule has 0 saturated carbocycles. The molecule has 0 fully saturated rings. The second kappa shape index (κ2) is 6.06. The highest BCUT2D eigenvalue weighted by molar-refractivity contribution is 9.10. The molecule has 0 aliphatic rings. The highest BCUT2D eigenvalue weighted by atomic mass is 79.9. The minimum absolute atomic E-state index is 0.0298. The molecule has 0 aliphatic carbocycles. The average molecular weight is 358 g/mol. The fraction of sp³-hybridized carbons (Fsp3) is 0.357. The summed E-state index contributed by atoms with van der Waals surface area (Å²) in [5.41, 5.74) is 1.42. The van der Waals surface area contributed by atoms with Crippen LogP contribution in [-0.2, 0) is 0 Å². The van der Waals surface area contributed by atoms with Gasteiger partial charge in [-0.3, -0.25) is 10.1 Å². The number of hydrogen-bond acceptors (Lipinski definition) is 3. The molecule has 0 aliphatic heterocycles. The summed E-state index contributed by atoms with van der Waals surface area (Å²) in [5.74, 6) is -0.123. The Kier molecular flexibility index (Phi) is 4.60. The molecule has 2 aromatic rings. The molecule has 0 saturated heterocycles. The number of pyridine rings is 1. The third-order valence-corrected chi connectivity index (χ3v) is 4.62. The Labute approximate surface area is 130 Å². The van der Waals surface area contributed by atoms with Crippen molar-refractivity contribution in [3.8, 4) is 0 Å². The molecule has 0 bridgehead atoms. The number of halogens is 2. The highest BCUT2D eigenvalue weighted by Gasteiger charge is 2.26. The van der Waals surface area contributed by atoms with Gasteiger partial charge >= 0.3 is 0 Å². The van der Waals surface area contributed by atoms with Crippen LogP contribution in [0.1, 0.15) is 31.7 Å². The summed E-state index contributed by atoms with van der Waals surface area (Å²) in [6.07, 6.45) is 2.07. The van der Waals surface area contributed by atoms with Crippen molar-refractivity contribution in [1.82, 2.24) is 4.98 Å². The number of benzene rings is 1. The van der Waals surface area contributed by atoms with Crippen LogP contribution in [0, 0.1) is 10.1 Å². The lowest BCUT2D eigenvalue weighted by Gasteiger charge is -2.18. The zero-order valence-electron chi connectivity index (χ0n) is 11.1. The average Bonchev–Trinajstić information content (AvgIpc) is 2.44. The second-order valence-electron chi connectivity index (χ2n) is 4.69. The lowest BCUT2D eigenvalue weighted by atomic mass is 9.92. The van der Waals surface area contributed by atoms with E-state index in [2.05, 4.69) is 20.9 Å². The smallest absolute Gasteiger partial charge is 0.258 e. The van der Waals surface area contributed by atoms with Crippen LogP contribution in [0.5, 0.6) is 0 Å². The number of rotatable bonds is 4. The van der Waals surface area contributed by atoms with Crippen LogP contribution >= 0.6 is 27.5 Å². The molecule has 6 heteroatoms. The monoisotopic (exact) mass is 356 g/mol. The molecule has 0 amide bonds. The molecule has 106 valence electrons. The fourth-order valence-electron chi connectivity index (χ4n) is 2.33. The third-order valence-electron chi connectivity index (χ3n) is 3.44. The van der Waals surface area contributed by atoms with Gasteiger partial charge in [0.25, 0.3) is 5.69 Å². The van der Waals surface area contributed by atoms with E-state index in [9.17, 15) is 10.1 Å². The lowest BCUT2D eigenvalue weighted by Crippen LogP contribution is -2.11. The van der Waals surface area contributed by atoms with Gasteiger partial charge < -0.3 is 0 Å². The Morgan fingerprint density at radius 2 is 2.20 bits per heavy atom. The predicted molar refractivity (Wildman–Crippen MR) is 84.4 cm³/mol. The minimum atomic E-state index is -0.390. The van der Waals surface area contributed by atoms with E-state index in [4.69, 9.17) is 11.6 Å². The van der Waals surface area contributed by atoms with Crippen molar-refractivity contribution < 1.29 is 4.92 Å². The zero-order chi connectivity index (χ0) is 14.9. The Morgan fingerprint density at radius 1 is 1.50 bits per heavy atom. The zero-order valence-corrected chi connectivity index (χ0v) is 13.5. The van der Waals surface area contributed by atoms with Gasteiger partial charge in [0, 0.05) is 26.7 Å². The van der Waals surface area contributed by atoms with Crippen LogP contribution in [0.15, 0.2) is 28.9 Å². The Morgan fingerprint density at radius 3 is 2.80 bits per heavy atom. The number of nitrogens with zero attached hydrogens (tertiary/aromatic N) is 2. The van der Waals surface area contributed by atoms with Crippen LogP contribution in [-0.4, -0.2) is 15.3 Å². The largest absolute Gasteiger partial charge is 0.291 e. The Balaban J connectivity index is 2.77. The topological polar surface area (TPSA) is 56.0 Å². The molecular formula is C14H14BrClN2O2. The summed E-state index contributed by atoms with van der Waals surface area (Å²) in [6, 6.07) is 5.57. The van der Waals surface area contributed by atoms with Crippen LogP contribution in [0.4, 0.5) is 5.69 Å². The van der Waals surface area contributed by atoms with Gasteiger partial charge in [-0.1, -0.05) is 29.8 Å². The predicted octanol–water partition coefficient (Wildman–Crippen LogP) is 5.03. The molecule has 0 spiro atoms. The minimum Gasteiger partial charge on any atom is -0.258 e. The molecular weight excluding hydrogens is 344 g/mol. The summed E-state index contributed by atoms with van der Waals surface area (Å²) >= 11 is 9.71. The molecule has 1 heterocycles. The Bertz CT molecular complexity index is 663. The van der Waals surface area contributed by atoms with Crippen molar-refractivity contribution >= 4 is 44.1 Å². The first kappa shape index (κ1) is 15.2. The van der Waals surface area contributed by atoms with Gasteiger partial charge in [-0.2, -0.15) is 0 Å². The summed E-state index contributed by atoms with van der Waals surface area (Å²) in [6.45, 7) is 3.89. The number of hydrogen-bond donors (Lipinski definition) is 0. The van der Waals surface area contributed by atoms with Gasteiger partial charge in [-0.15, -0.1) is 11.6 Å². The summed E-state index contributed by atoms with van der Waals surface area (Å²) in [5, 5.41) is 11.9. The molecule has 0 N–H and O–H groups in total. The molecule has 4 nitrogen and oxygen atoms in total. The fourth-order valence-corrected chi connectivity index (χ4v) is 2.82. The first-order valence-electron chi connectivity index (χ1n) is 6.32. The van der Waals surface area contributed by atoms with E-state index in [1.807, 2.05) is 32.0 Å². The summed E-state index contributed by atoms with van der Waals surface area (Å²) < 4.78 is 0.864. The standard InChI is InChI=1S/C14H14BrClN2O2/c1-3-11(16)8(2)14-10-6-9(15)4-5-12(10)17-7-13(14)18(19)20/h4-8,11H,3H2,1-2H3. The van der Waals surface area contributed by atoms with Crippen molar-refractivity contribution in [2.45, 2.75) is 31.6 Å². The van der Waals surface area contributed by atoms with Crippen LogP contribution < -0.4 is 0 Å². The van der Waals surface area contributed by atoms with Gasteiger partial charge in [0.05, 0.1) is 10.4 Å². The van der Waals surface area contributed by atoms with E-state index in [1.165, 1.54) is 6.20 Å². The van der Waals surface area contributed by atoms with Gasteiger partial charge in [-0.25, -0.2) is 4.98 Å². The van der Waals surface area contributed by atoms with Gasteiger partial charge in [0.2, 0.25) is 0 Å². The van der Waals surface area contributed by atoms with E-state index in [-0.39, 0.29) is 17.0 Å². The van der Waals surface area contributed by atoms with Crippen molar-refractivity contribution in [3.63, 3.8) is 0 Å². The first-order chi connectivity index (χ1) is 9.45. The summed E-state index contributed by atoms with van der Waals surface area (Å²) in [4.78, 5) is 15.1. The van der Waals surface area contributed by atoms with Crippen LogP contribution in [0.3, 0.4) is 0 Å². The summed E-state index contributed by atoms with van der Waals surface area (Å²) in [7, 11) is 0. The lowest BCUT2D eigenvalue weighted by molar-refractivity contribution is -0.385. The van der Waals surface area contributed by atoms with Crippen LogP contribution in [0.25, 0.3) is 10.9 Å². The van der Waals surface area contributed by atoms with E-state index in [0.29, 0.717) is 5.56 Å². The maximum Gasteiger partial charge on any atom is 0.291 e. The molecule has 2 unspecified atom stereocenters. The van der Waals surface area contributed by atoms with E-state index in [0.717, 1.165) is 21.8 Å². The first-order valence-corrected chi connectivity index (χ1v) is 7.55. The normalized spacial score (nSPS) is 14.2.